The first-order valence-electron chi connectivity index (χ1n) is 6.26. The molecule has 0 aliphatic rings. The van der Waals surface area contributed by atoms with E-state index in [0.717, 1.165) is 18.4 Å². The number of rotatable bonds is 5. The van der Waals surface area contributed by atoms with Crippen LogP contribution >= 0.6 is 0 Å². The smallest absolute Gasteiger partial charge is 0.0181 e. The highest BCUT2D eigenvalue weighted by molar-refractivity contribution is 5.66. The van der Waals surface area contributed by atoms with Crippen molar-refractivity contribution in [2.45, 2.75) is 12.8 Å². The number of hydrogen-bond donors (Lipinski definition) is 0. The Balaban J connectivity index is 2.25. The van der Waals surface area contributed by atoms with E-state index in [4.69, 9.17) is 0 Å². The number of benzene rings is 2. The fraction of sp³-hybridized carbons (Fsp3) is 0.111. The van der Waals surface area contributed by atoms with E-state index in [2.05, 4.69) is 61.7 Å². The molecule has 0 bridgehead atoms. The van der Waals surface area contributed by atoms with Gasteiger partial charge in [-0.25, -0.2) is 0 Å². The summed E-state index contributed by atoms with van der Waals surface area (Å²) in [5.74, 6) is 0. The SMILES string of the molecule is C=CCCc1cccc(-c2ccc(C=C)cc2)c1. The van der Waals surface area contributed by atoms with Gasteiger partial charge in [-0.1, -0.05) is 67.3 Å². The van der Waals surface area contributed by atoms with Gasteiger partial charge in [0.1, 0.15) is 0 Å². The molecular formula is C18H18. The minimum absolute atomic E-state index is 1.03. The Morgan fingerprint density at radius 3 is 2.33 bits per heavy atom. The molecule has 0 aromatic heterocycles. The molecule has 0 fully saturated rings. The summed E-state index contributed by atoms with van der Waals surface area (Å²) in [6, 6.07) is 17.2. The molecule has 2 aromatic carbocycles. The zero-order chi connectivity index (χ0) is 12.8. The Hall–Kier alpha value is -2.08. The predicted molar refractivity (Wildman–Crippen MR) is 80.5 cm³/mol. The summed E-state index contributed by atoms with van der Waals surface area (Å²) in [5, 5.41) is 0. The van der Waals surface area contributed by atoms with Crippen LogP contribution in [-0.4, -0.2) is 0 Å². The highest BCUT2D eigenvalue weighted by Gasteiger charge is 1.99. The Labute approximate surface area is 109 Å². The van der Waals surface area contributed by atoms with E-state index >= 15 is 0 Å². The van der Waals surface area contributed by atoms with Gasteiger partial charge < -0.3 is 0 Å². The molecule has 90 valence electrons. The predicted octanol–water partition coefficient (Wildman–Crippen LogP) is 5.12. The van der Waals surface area contributed by atoms with Crippen LogP contribution in [0.2, 0.25) is 0 Å². The Bertz CT molecular complexity index is 532. The minimum Gasteiger partial charge on any atom is -0.103 e. The van der Waals surface area contributed by atoms with Crippen molar-refractivity contribution in [3.05, 3.63) is 78.9 Å². The van der Waals surface area contributed by atoms with E-state index < -0.39 is 0 Å². The molecule has 18 heavy (non-hydrogen) atoms. The molecular weight excluding hydrogens is 216 g/mol. The molecule has 0 spiro atoms. The van der Waals surface area contributed by atoms with Crippen molar-refractivity contribution in [2.24, 2.45) is 0 Å². The molecule has 0 unspecified atom stereocenters. The Kier molecular flexibility index (Phi) is 4.14. The van der Waals surface area contributed by atoms with Crippen LogP contribution in [0.3, 0.4) is 0 Å². The van der Waals surface area contributed by atoms with E-state index in [0.29, 0.717) is 0 Å². The first-order chi connectivity index (χ1) is 8.83. The molecule has 2 aromatic rings. The van der Waals surface area contributed by atoms with Crippen molar-refractivity contribution in [3.63, 3.8) is 0 Å². The second kappa shape index (κ2) is 6.02. The molecule has 2 rings (SSSR count). The first-order valence-corrected chi connectivity index (χ1v) is 6.26. The maximum absolute atomic E-state index is 3.77. The molecule has 0 N–H and O–H groups in total. The number of hydrogen-bond acceptors (Lipinski definition) is 0. The van der Waals surface area contributed by atoms with Gasteiger partial charge in [-0.3, -0.25) is 0 Å². The Morgan fingerprint density at radius 1 is 0.889 bits per heavy atom. The van der Waals surface area contributed by atoms with Gasteiger partial charge in [-0.05, 0) is 35.1 Å². The quantitative estimate of drug-likeness (QED) is 0.630. The molecule has 0 amide bonds. The first kappa shape index (κ1) is 12.4. The molecule has 0 atom stereocenters. The third-order valence-corrected chi connectivity index (χ3v) is 3.04. The summed E-state index contributed by atoms with van der Waals surface area (Å²) < 4.78 is 0. The monoisotopic (exact) mass is 234 g/mol. The van der Waals surface area contributed by atoms with Gasteiger partial charge in [0.25, 0.3) is 0 Å². The lowest BCUT2D eigenvalue weighted by Gasteiger charge is -2.05. The molecule has 0 aliphatic heterocycles. The van der Waals surface area contributed by atoms with E-state index in [9.17, 15) is 0 Å². The normalized spacial score (nSPS) is 10.0. The summed E-state index contributed by atoms with van der Waals surface area (Å²) in [4.78, 5) is 0. The molecule has 0 saturated heterocycles. The summed E-state index contributed by atoms with van der Waals surface area (Å²) in [6.07, 6.45) is 5.91. The van der Waals surface area contributed by atoms with Gasteiger partial charge in [0.05, 0.1) is 0 Å². The standard InChI is InChI=1S/C18H18/c1-3-5-7-16-8-6-9-18(14-16)17-12-10-15(4-2)11-13-17/h3-4,6,8-14H,1-2,5,7H2. The van der Waals surface area contributed by atoms with Crippen molar-refractivity contribution >= 4 is 6.08 Å². The summed E-state index contributed by atoms with van der Waals surface area (Å²) >= 11 is 0. The maximum atomic E-state index is 3.77. The molecule has 0 heterocycles. The fourth-order valence-corrected chi connectivity index (χ4v) is 1.99. The fourth-order valence-electron chi connectivity index (χ4n) is 1.99. The second-order valence-electron chi connectivity index (χ2n) is 4.35. The van der Waals surface area contributed by atoms with Crippen LogP contribution in [0.1, 0.15) is 17.5 Å². The van der Waals surface area contributed by atoms with E-state index in [1.165, 1.54) is 16.7 Å². The van der Waals surface area contributed by atoms with Crippen LogP contribution in [0.15, 0.2) is 67.8 Å². The largest absolute Gasteiger partial charge is 0.103 e. The molecule has 0 aliphatic carbocycles. The van der Waals surface area contributed by atoms with Crippen LogP contribution in [0.5, 0.6) is 0 Å². The van der Waals surface area contributed by atoms with Crippen LogP contribution in [0, 0.1) is 0 Å². The van der Waals surface area contributed by atoms with E-state index in [1.807, 2.05) is 12.2 Å². The van der Waals surface area contributed by atoms with Gasteiger partial charge in [-0.2, -0.15) is 0 Å². The summed E-state index contributed by atoms with van der Waals surface area (Å²) in [6.45, 7) is 7.54. The van der Waals surface area contributed by atoms with Gasteiger partial charge in [0.15, 0.2) is 0 Å². The lowest BCUT2D eigenvalue weighted by Crippen LogP contribution is -1.85. The number of allylic oxidation sites excluding steroid dienone is 1. The average molecular weight is 234 g/mol. The van der Waals surface area contributed by atoms with Crippen LogP contribution in [0.4, 0.5) is 0 Å². The van der Waals surface area contributed by atoms with E-state index in [-0.39, 0.29) is 0 Å². The van der Waals surface area contributed by atoms with Crippen LogP contribution in [0.25, 0.3) is 17.2 Å². The Morgan fingerprint density at radius 2 is 1.67 bits per heavy atom. The zero-order valence-corrected chi connectivity index (χ0v) is 10.6. The highest BCUT2D eigenvalue weighted by atomic mass is 14.0. The molecule has 0 nitrogen and oxygen atoms in total. The lowest BCUT2D eigenvalue weighted by molar-refractivity contribution is 1.00. The second-order valence-corrected chi connectivity index (χ2v) is 4.35. The highest BCUT2D eigenvalue weighted by Crippen LogP contribution is 2.21. The average Bonchev–Trinajstić information content (AvgIpc) is 2.45. The van der Waals surface area contributed by atoms with Gasteiger partial charge in [0, 0.05) is 0 Å². The van der Waals surface area contributed by atoms with Crippen molar-refractivity contribution in [3.8, 4) is 11.1 Å². The van der Waals surface area contributed by atoms with Crippen molar-refractivity contribution < 1.29 is 0 Å². The summed E-state index contributed by atoms with van der Waals surface area (Å²) in [7, 11) is 0. The minimum atomic E-state index is 1.03. The van der Waals surface area contributed by atoms with Crippen molar-refractivity contribution in [2.75, 3.05) is 0 Å². The third-order valence-electron chi connectivity index (χ3n) is 3.04. The van der Waals surface area contributed by atoms with Crippen molar-refractivity contribution in [1.82, 2.24) is 0 Å². The van der Waals surface area contributed by atoms with E-state index in [1.54, 1.807) is 0 Å². The topological polar surface area (TPSA) is 0 Å². The van der Waals surface area contributed by atoms with Crippen LogP contribution in [-0.2, 0) is 6.42 Å². The third kappa shape index (κ3) is 2.98. The number of aryl methyl sites for hydroxylation is 1. The zero-order valence-electron chi connectivity index (χ0n) is 10.6. The molecule has 0 heteroatoms. The maximum Gasteiger partial charge on any atom is -0.0181 e. The van der Waals surface area contributed by atoms with Gasteiger partial charge in [-0.15, -0.1) is 6.58 Å². The van der Waals surface area contributed by atoms with Crippen LogP contribution < -0.4 is 0 Å². The lowest BCUT2D eigenvalue weighted by atomic mass is 10.00. The summed E-state index contributed by atoms with van der Waals surface area (Å²) in [5.41, 5.74) is 5.04. The van der Waals surface area contributed by atoms with Crippen molar-refractivity contribution in [1.29, 1.82) is 0 Å². The molecule has 0 saturated carbocycles. The van der Waals surface area contributed by atoms with Gasteiger partial charge >= 0.3 is 0 Å². The van der Waals surface area contributed by atoms with Gasteiger partial charge in [0.2, 0.25) is 0 Å². The molecule has 0 radical (unpaired) electrons.